The molecule has 0 saturated heterocycles. The Balaban J connectivity index is 1.27. The lowest BCUT2D eigenvalue weighted by Crippen LogP contribution is -2.33. The van der Waals surface area contributed by atoms with Gasteiger partial charge in [0.15, 0.2) is 5.65 Å². The van der Waals surface area contributed by atoms with E-state index in [2.05, 4.69) is 10.1 Å². The number of nitrogens with one attached hydrogen (secondary N) is 1. The number of hydrogen-bond acceptors (Lipinski definition) is 5. The summed E-state index contributed by atoms with van der Waals surface area (Å²) in [6.07, 6.45) is 5.45. The van der Waals surface area contributed by atoms with Gasteiger partial charge in [-0.3, -0.25) is 9.59 Å². The molecule has 4 aromatic heterocycles. The van der Waals surface area contributed by atoms with Crippen LogP contribution in [0.5, 0.6) is 0 Å². The molecule has 7 nitrogen and oxygen atoms in total. The molecule has 38 heavy (non-hydrogen) atoms. The first-order chi connectivity index (χ1) is 18.2. The second kappa shape index (κ2) is 10.7. The van der Waals surface area contributed by atoms with Crippen LogP contribution < -0.4 is 10.9 Å². The minimum atomic E-state index is -4.48. The van der Waals surface area contributed by atoms with Gasteiger partial charge in [-0.25, -0.2) is 13.9 Å². The number of amides is 1. The SMILES string of the molecule is O=C(NCC(F)(F)F)c1cc(-c2cnn3cc(-c4ccn(CCCC5CC[C@H](F)C5)c(=O)c4)cnc23)cs1. The van der Waals surface area contributed by atoms with Gasteiger partial charge in [-0.2, -0.15) is 18.3 Å². The summed E-state index contributed by atoms with van der Waals surface area (Å²) in [6, 6.07) is 4.89. The van der Waals surface area contributed by atoms with Crippen LogP contribution in [0.25, 0.3) is 27.9 Å². The molecular formula is C26H25F4N5O2S. The normalized spacial score (nSPS) is 17.8. The Morgan fingerprint density at radius 3 is 2.74 bits per heavy atom. The lowest BCUT2D eigenvalue weighted by atomic mass is 10.0. The number of aryl methyl sites for hydroxylation is 1. The monoisotopic (exact) mass is 547 g/mol. The topological polar surface area (TPSA) is 81.3 Å². The third-order valence-corrected chi connectivity index (χ3v) is 7.69. The van der Waals surface area contributed by atoms with Crippen LogP contribution in [0, 0.1) is 5.92 Å². The Morgan fingerprint density at radius 1 is 1.16 bits per heavy atom. The zero-order valence-corrected chi connectivity index (χ0v) is 21.1. The van der Waals surface area contributed by atoms with Crippen molar-refractivity contribution in [2.75, 3.05) is 6.54 Å². The van der Waals surface area contributed by atoms with E-state index in [4.69, 9.17) is 0 Å². The van der Waals surface area contributed by atoms with Crippen molar-refractivity contribution in [3.05, 3.63) is 63.6 Å². The fourth-order valence-electron chi connectivity index (χ4n) is 4.79. The number of nitrogens with zero attached hydrogens (tertiary/aromatic N) is 4. The Kier molecular flexibility index (Phi) is 7.33. The van der Waals surface area contributed by atoms with Crippen LogP contribution in [0.1, 0.15) is 41.8 Å². The molecule has 12 heteroatoms. The van der Waals surface area contributed by atoms with Gasteiger partial charge in [0.25, 0.3) is 11.5 Å². The van der Waals surface area contributed by atoms with Gasteiger partial charge in [0.05, 0.1) is 11.1 Å². The van der Waals surface area contributed by atoms with Gasteiger partial charge in [-0.1, -0.05) is 0 Å². The molecule has 1 N–H and O–H groups in total. The maximum absolute atomic E-state index is 13.4. The number of rotatable bonds is 8. The molecule has 200 valence electrons. The molecule has 0 aliphatic heterocycles. The Labute approximate surface area is 219 Å². The lowest BCUT2D eigenvalue weighted by molar-refractivity contribution is -0.123. The van der Waals surface area contributed by atoms with E-state index < -0.39 is 24.8 Å². The molecule has 1 aliphatic rings. The van der Waals surface area contributed by atoms with E-state index in [0.717, 1.165) is 30.6 Å². The Hall–Kier alpha value is -3.54. The number of thiophene rings is 1. The number of carbonyl (C=O) groups is 1. The summed E-state index contributed by atoms with van der Waals surface area (Å²) in [5, 5.41) is 7.85. The first-order valence-corrected chi connectivity index (χ1v) is 13.2. The van der Waals surface area contributed by atoms with E-state index >= 15 is 0 Å². The third-order valence-electron chi connectivity index (χ3n) is 6.76. The number of pyridine rings is 1. The van der Waals surface area contributed by atoms with Crippen molar-refractivity contribution in [3.8, 4) is 22.3 Å². The van der Waals surface area contributed by atoms with Crippen LogP contribution in [0.2, 0.25) is 0 Å². The minimum Gasteiger partial charge on any atom is -0.342 e. The van der Waals surface area contributed by atoms with Crippen LogP contribution in [-0.4, -0.2) is 44.0 Å². The molecule has 0 bridgehead atoms. The van der Waals surface area contributed by atoms with Crippen molar-refractivity contribution in [2.45, 2.75) is 51.0 Å². The zero-order valence-electron chi connectivity index (χ0n) is 20.2. The summed E-state index contributed by atoms with van der Waals surface area (Å²) in [6.45, 7) is -0.810. The van der Waals surface area contributed by atoms with E-state index in [-0.39, 0.29) is 10.4 Å². The quantitative estimate of drug-likeness (QED) is 0.296. The molecule has 0 spiro atoms. The fourth-order valence-corrected chi connectivity index (χ4v) is 5.61. The van der Waals surface area contributed by atoms with E-state index in [0.29, 0.717) is 53.2 Å². The fraction of sp³-hybridized carbons (Fsp3) is 0.385. The number of alkyl halides is 4. The predicted octanol–water partition coefficient (Wildman–Crippen LogP) is 5.50. The van der Waals surface area contributed by atoms with Crippen molar-refractivity contribution in [3.63, 3.8) is 0 Å². The van der Waals surface area contributed by atoms with Crippen molar-refractivity contribution in [1.82, 2.24) is 24.5 Å². The van der Waals surface area contributed by atoms with Crippen LogP contribution in [0.4, 0.5) is 17.6 Å². The standard InChI is InChI=1S/C26H25F4N5O2S/c27-20-4-3-16(8-20)2-1-6-34-7-5-17(10-23(34)36)19-11-31-24-21(12-33-35(24)13-19)18-9-22(38-14-18)25(37)32-15-26(28,29)30/h5,7,9-14,16,20H,1-4,6,8,15H2,(H,32,37)/t16?,20-/m0/s1. The van der Waals surface area contributed by atoms with E-state index in [1.165, 1.54) is 6.07 Å². The summed E-state index contributed by atoms with van der Waals surface area (Å²) in [4.78, 5) is 29.3. The highest BCUT2D eigenvalue weighted by atomic mass is 32.1. The molecule has 4 aromatic rings. The van der Waals surface area contributed by atoms with Gasteiger partial charge >= 0.3 is 6.18 Å². The highest BCUT2D eigenvalue weighted by molar-refractivity contribution is 7.12. The smallest absolute Gasteiger partial charge is 0.342 e. The predicted molar refractivity (Wildman–Crippen MR) is 136 cm³/mol. The average Bonchev–Trinajstić information content (AvgIpc) is 3.62. The van der Waals surface area contributed by atoms with Crippen molar-refractivity contribution < 1.29 is 22.4 Å². The van der Waals surface area contributed by atoms with Gasteiger partial charge in [0.1, 0.15) is 12.7 Å². The number of fused-ring (bicyclic) bond motifs is 1. The Morgan fingerprint density at radius 2 is 2.00 bits per heavy atom. The molecule has 0 aromatic carbocycles. The van der Waals surface area contributed by atoms with Gasteiger partial charge in [0, 0.05) is 42.3 Å². The maximum atomic E-state index is 13.4. The average molecular weight is 548 g/mol. The number of halogens is 4. The number of hydrogen-bond donors (Lipinski definition) is 1. The first-order valence-electron chi connectivity index (χ1n) is 12.3. The van der Waals surface area contributed by atoms with Crippen LogP contribution >= 0.6 is 11.3 Å². The highest BCUT2D eigenvalue weighted by Gasteiger charge is 2.28. The maximum Gasteiger partial charge on any atom is 0.405 e. The lowest BCUT2D eigenvalue weighted by Gasteiger charge is -2.10. The second-order valence-corrected chi connectivity index (χ2v) is 10.4. The van der Waals surface area contributed by atoms with E-state index in [1.807, 2.05) is 11.4 Å². The van der Waals surface area contributed by atoms with Crippen molar-refractivity contribution >= 4 is 22.9 Å². The van der Waals surface area contributed by atoms with E-state index in [1.54, 1.807) is 45.3 Å². The van der Waals surface area contributed by atoms with Gasteiger partial charge in [0.2, 0.25) is 0 Å². The molecule has 1 saturated carbocycles. The van der Waals surface area contributed by atoms with E-state index in [9.17, 15) is 27.2 Å². The number of aromatic nitrogens is 4. The first kappa shape index (κ1) is 26.1. The summed E-state index contributed by atoms with van der Waals surface area (Å²) in [7, 11) is 0. The molecule has 1 aliphatic carbocycles. The molecule has 5 rings (SSSR count). The molecule has 1 unspecified atom stereocenters. The van der Waals surface area contributed by atoms with Crippen LogP contribution in [0.15, 0.2) is 53.2 Å². The highest BCUT2D eigenvalue weighted by Crippen LogP contribution is 2.31. The zero-order chi connectivity index (χ0) is 26.9. The largest absolute Gasteiger partial charge is 0.405 e. The summed E-state index contributed by atoms with van der Waals surface area (Å²) >= 11 is 1.03. The van der Waals surface area contributed by atoms with Crippen molar-refractivity contribution in [1.29, 1.82) is 0 Å². The molecule has 0 radical (unpaired) electrons. The van der Waals surface area contributed by atoms with Crippen LogP contribution in [0.3, 0.4) is 0 Å². The molecule has 4 heterocycles. The minimum absolute atomic E-state index is 0.131. The molecular weight excluding hydrogens is 522 g/mol. The van der Waals surface area contributed by atoms with Gasteiger partial charge in [-0.15, -0.1) is 11.3 Å². The van der Waals surface area contributed by atoms with Crippen molar-refractivity contribution in [2.24, 2.45) is 5.92 Å². The summed E-state index contributed by atoms with van der Waals surface area (Å²) < 4.78 is 53.7. The van der Waals surface area contributed by atoms with Gasteiger partial charge in [-0.05, 0) is 66.7 Å². The summed E-state index contributed by atoms with van der Waals surface area (Å²) in [5.41, 5.74) is 2.99. The van der Waals surface area contributed by atoms with Gasteiger partial charge < -0.3 is 9.88 Å². The summed E-state index contributed by atoms with van der Waals surface area (Å²) in [5.74, 6) is -0.393. The Bertz CT molecular complexity index is 1510. The number of carbonyl (C=O) groups excluding carboxylic acids is 1. The molecule has 1 amide bonds. The molecule has 2 atom stereocenters. The van der Waals surface area contributed by atoms with Crippen LogP contribution in [-0.2, 0) is 6.54 Å². The molecule has 1 fully saturated rings. The third kappa shape index (κ3) is 5.95. The second-order valence-electron chi connectivity index (χ2n) is 9.53.